The summed E-state index contributed by atoms with van der Waals surface area (Å²) in [5.41, 5.74) is 1.71. The number of hydrogen-bond donors (Lipinski definition) is 1. The molecule has 44 heavy (non-hydrogen) atoms. The van der Waals surface area contributed by atoms with Gasteiger partial charge in [0.15, 0.2) is 0 Å². The summed E-state index contributed by atoms with van der Waals surface area (Å²) in [6.07, 6.45) is 0.877. The van der Waals surface area contributed by atoms with Gasteiger partial charge in [0, 0.05) is 23.5 Å². The van der Waals surface area contributed by atoms with E-state index < -0.39 is 34.3 Å². The lowest BCUT2D eigenvalue weighted by Gasteiger charge is -2.34. The molecule has 0 aliphatic carbocycles. The third-order valence-corrected chi connectivity index (χ3v) is 9.58. The van der Waals surface area contributed by atoms with Crippen LogP contribution in [-0.4, -0.2) is 43.8 Å². The molecule has 0 spiro atoms. The van der Waals surface area contributed by atoms with E-state index in [0.29, 0.717) is 12.0 Å². The van der Waals surface area contributed by atoms with Crippen LogP contribution in [0.2, 0.25) is 0 Å². The number of nitrogens with one attached hydrogen (secondary N) is 1. The van der Waals surface area contributed by atoms with E-state index in [2.05, 4.69) is 21.2 Å². The number of sulfonamides is 1. The summed E-state index contributed by atoms with van der Waals surface area (Å²) >= 11 is 3.38. The maximum Gasteiger partial charge on any atom is 0.264 e. The highest BCUT2D eigenvalue weighted by atomic mass is 79.9. The Morgan fingerprint density at radius 2 is 1.43 bits per heavy atom. The lowest BCUT2D eigenvalue weighted by molar-refractivity contribution is -0.140. The summed E-state index contributed by atoms with van der Waals surface area (Å²) in [6, 6.07) is 28.4. The molecule has 2 unspecified atom stereocenters. The lowest BCUT2D eigenvalue weighted by Crippen LogP contribution is -2.54. The van der Waals surface area contributed by atoms with Gasteiger partial charge in [0.25, 0.3) is 10.0 Å². The standard InChI is InChI=1S/C34H35BrFN3O4S/c1-3-25(2)37-34(41)32(22-26-10-6-4-7-11-26)38(23-27-14-18-29(36)19-15-27)33(40)24-39(30-20-16-28(35)17-21-30)44(42,43)31-12-8-5-9-13-31/h4-21,25,32H,3,22-24H2,1-2H3,(H,37,41). The number of carbonyl (C=O) groups is 2. The summed E-state index contributed by atoms with van der Waals surface area (Å²) in [5, 5.41) is 3.00. The van der Waals surface area contributed by atoms with Gasteiger partial charge in [-0.15, -0.1) is 0 Å². The van der Waals surface area contributed by atoms with Crippen LogP contribution in [0.1, 0.15) is 31.4 Å². The number of anilines is 1. The highest BCUT2D eigenvalue weighted by Gasteiger charge is 2.35. The number of amides is 2. The molecule has 0 radical (unpaired) electrons. The zero-order valence-electron chi connectivity index (χ0n) is 24.6. The average Bonchev–Trinajstić information content (AvgIpc) is 3.03. The fourth-order valence-corrected chi connectivity index (χ4v) is 6.34. The molecule has 0 bridgehead atoms. The van der Waals surface area contributed by atoms with Crippen LogP contribution >= 0.6 is 15.9 Å². The minimum Gasteiger partial charge on any atom is -0.352 e. The van der Waals surface area contributed by atoms with Gasteiger partial charge >= 0.3 is 0 Å². The number of halogens is 2. The number of benzene rings is 4. The summed E-state index contributed by atoms with van der Waals surface area (Å²) in [5.74, 6) is -1.38. The molecule has 0 aliphatic heterocycles. The van der Waals surface area contributed by atoms with Crippen molar-refractivity contribution in [1.82, 2.24) is 10.2 Å². The van der Waals surface area contributed by atoms with Gasteiger partial charge in [-0.05, 0) is 73.0 Å². The molecule has 0 fully saturated rings. The highest BCUT2D eigenvalue weighted by Crippen LogP contribution is 2.26. The first-order valence-electron chi connectivity index (χ1n) is 14.3. The van der Waals surface area contributed by atoms with Crippen LogP contribution in [0.25, 0.3) is 0 Å². The van der Waals surface area contributed by atoms with E-state index in [1.807, 2.05) is 44.2 Å². The zero-order valence-corrected chi connectivity index (χ0v) is 27.0. The summed E-state index contributed by atoms with van der Waals surface area (Å²) in [7, 11) is -4.18. The predicted octanol–water partition coefficient (Wildman–Crippen LogP) is 6.34. The third kappa shape index (κ3) is 8.54. The highest BCUT2D eigenvalue weighted by molar-refractivity contribution is 9.10. The largest absolute Gasteiger partial charge is 0.352 e. The molecule has 10 heteroatoms. The van der Waals surface area contributed by atoms with Gasteiger partial charge < -0.3 is 10.2 Å². The van der Waals surface area contributed by atoms with E-state index in [1.54, 1.807) is 54.6 Å². The Kier molecular flexibility index (Phi) is 11.3. The van der Waals surface area contributed by atoms with Gasteiger partial charge in [0.1, 0.15) is 18.4 Å². The fourth-order valence-electron chi connectivity index (χ4n) is 4.64. The Morgan fingerprint density at radius 1 is 0.841 bits per heavy atom. The maximum atomic E-state index is 14.4. The van der Waals surface area contributed by atoms with Crippen LogP contribution in [0.4, 0.5) is 10.1 Å². The number of nitrogens with zero attached hydrogens (tertiary/aromatic N) is 2. The van der Waals surface area contributed by atoms with Gasteiger partial charge in [-0.3, -0.25) is 13.9 Å². The van der Waals surface area contributed by atoms with Gasteiger partial charge in [-0.25, -0.2) is 12.8 Å². The van der Waals surface area contributed by atoms with Crippen molar-refractivity contribution in [2.45, 2.75) is 50.2 Å². The summed E-state index contributed by atoms with van der Waals surface area (Å²) in [6.45, 7) is 3.22. The summed E-state index contributed by atoms with van der Waals surface area (Å²) in [4.78, 5) is 29.6. The van der Waals surface area contributed by atoms with Crippen LogP contribution in [0.15, 0.2) is 119 Å². The van der Waals surface area contributed by atoms with Crippen LogP contribution in [0.5, 0.6) is 0 Å². The molecule has 0 heterocycles. The van der Waals surface area contributed by atoms with Crippen LogP contribution in [-0.2, 0) is 32.6 Å². The van der Waals surface area contributed by atoms with Crippen molar-refractivity contribution in [3.05, 3.63) is 131 Å². The predicted molar refractivity (Wildman–Crippen MR) is 174 cm³/mol. The van der Waals surface area contributed by atoms with E-state index >= 15 is 0 Å². The second-order valence-electron chi connectivity index (χ2n) is 10.5. The van der Waals surface area contributed by atoms with E-state index in [9.17, 15) is 22.4 Å². The molecule has 4 aromatic carbocycles. The van der Waals surface area contributed by atoms with Gasteiger partial charge in [-0.1, -0.05) is 83.5 Å². The molecule has 4 aromatic rings. The first-order valence-corrected chi connectivity index (χ1v) is 16.5. The topological polar surface area (TPSA) is 86.8 Å². The number of rotatable bonds is 13. The molecule has 0 aliphatic rings. The minimum absolute atomic E-state index is 0.0242. The van der Waals surface area contributed by atoms with Crippen molar-refractivity contribution in [3.8, 4) is 0 Å². The second-order valence-corrected chi connectivity index (χ2v) is 13.3. The average molecular weight is 681 g/mol. The van der Waals surface area contributed by atoms with Crippen molar-refractivity contribution in [3.63, 3.8) is 0 Å². The van der Waals surface area contributed by atoms with E-state index in [0.717, 1.165) is 14.3 Å². The molecule has 2 amide bonds. The molecule has 0 saturated carbocycles. The fraction of sp³-hybridized carbons (Fsp3) is 0.235. The molecular formula is C34H35BrFN3O4S. The van der Waals surface area contributed by atoms with Crippen molar-refractivity contribution in [2.24, 2.45) is 0 Å². The Hall–Kier alpha value is -4.02. The lowest BCUT2D eigenvalue weighted by atomic mass is 10.0. The Morgan fingerprint density at radius 3 is 2.02 bits per heavy atom. The van der Waals surface area contributed by atoms with Gasteiger partial charge in [0.2, 0.25) is 11.8 Å². The Labute approximate surface area is 266 Å². The van der Waals surface area contributed by atoms with E-state index in [1.165, 1.54) is 29.2 Å². The summed E-state index contributed by atoms with van der Waals surface area (Å²) < 4.78 is 43.5. The third-order valence-electron chi connectivity index (χ3n) is 7.26. The smallest absolute Gasteiger partial charge is 0.264 e. The van der Waals surface area contributed by atoms with Crippen LogP contribution in [0.3, 0.4) is 0 Å². The Balaban J connectivity index is 1.79. The molecule has 7 nitrogen and oxygen atoms in total. The molecule has 2 atom stereocenters. The van der Waals surface area contributed by atoms with E-state index in [-0.39, 0.29) is 35.5 Å². The zero-order chi connectivity index (χ0) is 31.7. The molecule has 230 valence electrons. The second kappa shape index (κ2) is 15.1. The first kappa shape index (κ1) is 32.9. The molecule has 4 rings (SSSR count). The SMILES string of the molecule is CCC(C)NC(=O)C(Cc1ccccc1)N(Cc1ccc(F)cc1)C(=O)CN(c1ccc(Br)cc1)S(=O)(=O)c1ccccc1. The quantitative estimate of drug-likeness (QED) is 0.179. The molecule has 1 N–H and O–H groups in total. The van der Waals surface area contributed by atoms with Crippen LogP contribution in [0, 0.1) is 5.82 Å². The van der Waals surface area contributed by atoms with E-state index in [4.69, 9.17) is 0 Å². The Bertz CT molecular complexity index is 1640. The van der Waals surface area contributed by atoms with Gasteiger partial charge in [0.05, 0.1) is 10.6 Å². The molecule has 0 aromatic heterocycles. The minimum atomic E-state index is -4.18. The number of carbonyl (C=O) groups excluding carboxylic acids is 2. The van der Waals surface area contributed by atoms with Crippen LogP contribution < -0.4 is 9.62 Å². The van der Waals surface area contributed by atoms with Gasteiger partial charge in [-0.2, -0.15) is 0 Å². The molecular weight excluding hydrogens is 645 g/mol. The van der Waals surface area contributed by atoms with Crippen molar-refractivity contribution in [1.29, 1.82) is 0 Å². The van der Waals surface area contributed by atoms with Crippen molar-refractivity contribution in [2.75, 3.05) is 10.8 Å². The number of hydrogen-bond acceptors (Lipinski definition) is 4. The monoisotopic (exact) mass is 679 g/mol. The van der Waals surface area contributed by atoms with Crippen molar-refractivity contribution >= 4 is 43.5 Å². The van der Waals surface area contributed by atoms with Crippen molar-refractivity contribution < 1.29 is 22.4 Å². The molecule has 0 saturated heterocycles. The first-order chi connectivity index (χ1) is 21.1. The maximum absolute atomic E-state index is 14.4. The normalized spacial score (nSPS) is 12.6.